The van der Waals surface area contributed by atoms with Crippen LogP contribution < -0.4 is 10.2 Å². The van der Waals surface area contributed by atoms with Crippen molar-refractivity contribution in [2.75, 3.05) is 29.1 Å². The fourth-order valence-corrected chi connectivity index (χ4v) is 3.58. The normalized spacial score (nSPS) is 14.4. The summed E-state index contributed by atoms with van der Waals surface area (Å²) < 4.78 is 0. The van der Waals surface area contributed by atoms with Gasteiger partial charge in [0, 0.05) is 24.8 Å². The molecule has 3 rings (SSSR count). The molecule has 1 aromatic heterocycles. The van der Waals surface area contributed by atoms with Crippen molar-refractivity contribution in [2.24, 2.45) is 0 Å². The van der Waals surface area contributed by atoms with Crippen molar-refractivity contribution in [3.05, 3.63) is 41.0 Å². The standard InChI is InChI=1S/C18H21ClN4OS/c1-13-5-7-14(8-6-13)20-17(24)12-25-18-21-15(19)11-16(22-18)23-9-3-2-4-10-23/h5-8,11H,2-4,9-10,12H2,1H3,(H,20,24). The van der Waals surface area contributed by atoms with Gasteiger partial charge in [0.15, 0.2) is 5.16 Å². The van der Waals surface area contributed by atoms with Crippen LogP contribution in [-0.2, 0) is 4.79 Å². The lowest BCUT2D eigenvalue weighted by atomic mass is 10.1. The highest BCUT2D eigenvalue weighted by atomic mass is 35.5. The van der Waals surface area contributed by atoms with Gasteiger partial charge in [-0.05, 0) is 38.3 Å². The number of amides is 1. The molecule has 0 spiro atoms. The third-order valence-corrected chi connectivity index (χ3v) is 5.05. The number of piperidine rings is 1. The number of rotatable bonds is 5. The lowest BCUT2D eigenvalue weighted by Gasteiger charge is -2.27. The summed E-state index contributed by atoms with van der Waals surface area (Å²) in [6.07, 6.45) is 3.60. The molecule has 25 heavy (non-hydrogen) atoms. The Balaban J connectivity index is 1.59. The first kappa shape index (κ1) is 18.0. The van der Waals surface area contributed by atoms with E-state index in [0.717, 1.165) is 30.2 Å². The van der Waals surface area contributed by atoms with Crippen LogP contribution in [0.2, 0.25) is 5.15 Å². The predicted octanol–water partition coefficient (Wildman–Crippen LogP) is 4.16. The van der Waals surface area contributed by atoms with Crippen molar-refractivity contribution >= 4 is 40.8 Å². The molecular formula is C18H21ClN4OS. The summed E-state index contributed by atoms with van der Waals surface area (Å²) in [5.74, 6) is 1.01. The SMILES string of the molecule is Cc1ccc(NC(=O)CSc2nc(Cl)cc(N3CCCCC3)n2)cc1. The number of hydrogen-bond acceptors (Lipinski definition) is 5. The number of hydrogen-bond donors (Lipinski definition) is 1. The molecule has 5 nitrogen and oxygen atoms in total. The molecule has 0 bridgehead atoms. The topological polar surface area (TPSA) is 58.1 Å². The summed E-state index contributed by atoms with van der Waals surface area (Å²) in [6.45, 7) is 3.99. The van der Waals surface area contributed by atoms with Crippen molar-refractivity contribution in [1.82, 2.24) is 9.97 Å². The number of benzene rings is 1. The summed E-state index contributed by atoms with van der Waals surface area (Å²) in [6, 6.07) is 9.51. The molecule has 7 heteroatoms. The largest absolute Gasteiger partial charge is 0.356 e. The Morgan fingerprint density at radius 2 is 1.92 bits per heavy atom. The van der Waals surface area contributed by atoms with Gasteiger partial charge in [0.2, 0.25) is 5.91 Å². The van der Waals surface area contributed by atoms with Crippen molar-refractivity contribution in [3.8, 4) is 0 Å². The van der Waals surface area contributed by atoms with Crippen LogP contribution in [0.3, 0.4) is 0 Å². The molecule has 1 fully saturated rings. The minimum Gasteiger partial charge on any atom is -0.356 e. The first-order valence-corrected chi connectivity index (χ1v) is 9.75. The Morgan fingerprint density at radius 1 is 1.20 bits per heavy atom. The van der Waals surface area contributed by atoms with E-state index in [9.17, 15) is 4.79 Å². The third-order valence-electron chi connectivity index (χ3n) is 4.01. The average molecular weight is 377 g/mol. The summed E-state index contributed by atoms with van der Waals surface area (Å²) in [4.78, 5) is 23.1. The second kappa shape index (κ2) is 8.54. The van der Waals surface area contributed by atoms with Gasteiger partial charge in [0.25, 0.3) is 0 Å². The van der Waals surface area contributed by atoms with Crippen LogP contribution in [-0.4, -0.2) is 34.7 Å². The molecule has 1 aliphatic heterocycles. The van der Waals surface area contributed by atoms with Gasteiger partial charge in [-0.3, -0.25) is 4.79 Å². The molecule has 0 aliphatic carbocycles. The van der Waals surface area contributed by atoms with Crippen LogP contribution in [0.1, 0.15) is 24.8 Å². The fourth-order valence-electron chi connectivity index (χ4n) is 2.70. The summed E-state index contributed by atoms with van der Waals surface area (Å²) in [5.41, 5.74) is 1.95. The molecular weight excluding hydrogens is 356 g/mol. The maximum atomic E-state index is 12.1. The molecule has 0 saturated carbocycles. The molecule has 132 valence electrons. The number of carbonyl (C=O) groups excluding carboxylic acids is 1. The maximum absolute atomic E-state index is 12.1. The van der Waals surface area contributed by atoms with Crippen LogP contribution >= 0.6 is 23.4 Å². The Morgan fingerprint density at radius 3 is 2.64 bits per heavy atom. The van der Waals surface area contributed by atoms with E-state index in [4.69, 9.17) is 11.6 Å². The molecule has 0 atom stereocenters. The third kappa shape index (κ3) is 5.34. The van der Waals surface area contributed by atoms with Gasteiger partial charge in [0.1, 0.15) is 11.0 Å². The van der Waals surface area contributed by atoms with Crippen LogP contribution in [0.4, 0.5) is 11.5 Å². The predicted molar refractivity (Wildman–Crippen MR) is 104 cm³/mol. The van der Waals surface area contributed by atoms with Gasteiger partial charge in [-0.1, -0.05) is 41.1 Å². The second-order valence-electron chi connectivity index (χ2n) is 6.08. The number of halogens is 1. The zero-order chi connectivity index (χ0) is 17.6. The molecule has 2 aromatic rings. The molecule has 0 unspecified atom stereocenters. The van der Waals surface area contributed by atoms with E-state index >= 15 is 0 Å². The van der Waals surface area contributed by atoms with E-state index < -0.39 is 0 Å². The highest BCUT2D eigenvalue weighted by Crippen LogP contribution is 2.24. The molecule has 0 radical (unpaired) electrons. The van der Waals surface area contributed by atoms with Crippen molar-refractivity contribution in [1.29, 1.82) is 0 Å². The first-order chi connectivity index (χ1) is 12.1. The van der Waals surface area contributed by atoms with Gasteiger partial charge in [-0.15, -0.1) is 0 Å². The zero-order valence-corrected chi connectivity index (χ0v) is 15.7. The smallest absolute Gasteiger partial charge is 0.234 e. The van der Waals surface area contributed by atoms with Gasteiger partial charge in [0.05, 0.1) is 5.75 Å². The van der Waals surface area contributed by atoms with Crippen LogP contribution in [0, 0.1) is 6.92 Å². The number of carbonyl (C=O) groups is 1. The minimum absolute atomic E-state index is 0.0862. The van der Waals surface area contributed by atoms with Crippen LogP contribution in [0.15, 0.2) is 35.5 Å². The number of nitrogens with zero attached hydrogens (tertiary/aromatic N) is 3. The Hall–Kier alpha value is -1.79. The second-order valence-corrected chi connectivity index (χ2v) is 7.41. The molecule has 1 aliphatic rings. The van der Waals surface area contributed by atoms with Crippen molar-refractivity contribution in [2.45, 2.75) is 31.3 Å². The van der Waals surface area contributed by atoms with Gasteiger partial charge in [-0.25, -0.2) is 9.97 Å². The zero-order valence-electron chi connectivity index (χ0n) is 14.2. The van der Waals surface area contributed by atoms with Gasteiger partial charge < -0.3 is 10.2 Å². The summed E-state index contributed by atoms with van der Waals surface area (Å²) in [7, 11) is 0. The minimum atomic E-state index is -0.0862. The number of aromatic nitrogens is 2. The molecule has 1 aromatic carbocycles. The Kier molecular flexibility index (Phi) is 6.15. The Labute approximate surface area is 157 Å². The van der Waals surface area contributed by atoms with Crippen LogP contribution in [0.5, 0.6) is 0 Å². The molecule has 1 saturated heterocycles. The quantitative estimate of drug-likeness (QED) is 0.482. The van der Waals surface area contributed by atoms with E-state index in [1.807, 2.05) is 31.2 Å². The average Bonchev–Trinajstić information content (AvgIpc) is 2.62. The summed E-state index contributed by atoms with van der Waals surface area (Å²) >= 11 is 7.44. The van der Waals surface area contributed by atoms with Gasteiger partial charge >= 0.3 is 0 Å². The van der Waals surface area contributed by atoms with Crippen molar-refractivity contribution < 1.29 is 4.79 Å². The van der Waals surface area contributed by atoms with E-state index in [0.29, 0.717) is 10.3 Å². The number of nitrogens with one attached hydrogen (secondary N) is 1. The van der Waals surface area contributed by atoms with E-state index in [2.05, 4.69) is 20.2 Å². The highest BCUT2D eigenvalue weighted by molar-refractivity contribution is 7.99. The van der Waals surface area contributed by atoms with Crippen LogP contribution in [0.25, 0.3) is 0 Å². The maximum Gasteiger partial charge on any atom is 0.234 e. The lowest BCUT2D eigenvalue weighted by Crippen LogP contribution is -2.30. The number of thioether (sulfide) groups is 1. The Bertz CT molecular complexity index is 732. The van der Waals surface area contributed by atoms with Crippen molar-refractivity contribution in [3.63, 3.8) is 0 Å². The number of anilines is 2. The van der Waals surface area contributed by atoms with E-state index in [1.165, 1.54) is 31.0 Å². The summed E-state index contributed by atoms with van der Waals surface area (Å²) in [5, 5.41) is 3.82. The van der Waals surface area contributed by atoms with E-state index in [-0.39, 0.29) is 11.7 Å². The first-order valence-electron chi connectivity index (χ1n) is 8.39. The monoisotopic (exact) mass is 376 g/mol. The molecule has 1 N–H and O–H groups in total. The fraction of sp³-hybridized carbons (Fsp3) is 0.389. The van der Waals surface area contributed by atoms with Gasteiger partial charge in [-0.2, -0.15) is 0 Å². The highest BCUT2D eigenvalue weighted by Gasteiger charge is 2.15. The van der Waals surface area contributed by atoms with E-state index in [1.54, 1.807) is 6.07 Å². The lowest BCUT2D eigenvalue weighted by molar-refractivity contribution is -0.113. The molecule has 2 heterocycles. The number of aryl methyl sites for hydroxylation is 1. The molecule has 1 amide bonds.